The lowest BCUT2D eigenvalue weighted by Crippen LogP contribution is -2.12. The Kier molecular flexibility index (Phi) is 5.17. The van der Waals surface area contributed by atoms with Gasteiger partial charge in [0.2, 0.25) is 15.0 Å². The number of nitrogen functional groups attached to an aromatic ring is 1. The van der Waals surface area contributed by atoms with Crippen LogP contribution in [0.1, 0.15) is 31.2 Å². The molecule has 3 heterocycles. The van der Waals surface area contributed by atoms with Crippen molar-refractivity contribution >= 4 is 26.7 Å². The summed E-state index contributed by atoms with van der Waals surface area (Å²) in [6.45, 7) is 4.69. The fourth-order valence-electron chi connectivity index (χ4n) is 2.98. The molecule has 138 valence electrons. The van der Waals surface area contributed by atoms with E-state index in [0.717, 1.165) is 23.3 Å². The maximum Gasteiger partial charge on any atom is 0.246 e. The minimum Gasteiger partial charge on any atom is -0.382 e. The topological polar surface area (TPSA) is 117 Å². The average molecular weight is 374 g/mol. The van der Waals surface area contributed by atoms with Crippen LogP contribution >= 0.6 is 0 Å². The molecule has 0 aliphatic heterocycles. The van der Waals surface area contributed by atoms with Gasteiger partial charge >= 0.3 is 0 Å². The monoisotopic (exact) mass is 374 g/mol. The lowest BCUT2D eigenvalue weighted by molar-refractivity contribution is 0.573. The van der Waals surface area contributed by atoms with E-state index in [4.69, 9.17) is 5.73 Å². The maximum atomic E-state index is 12.3. The van der Waals surface area contributed by atoms with Crippen molar-refractivity contribution in [1.29, 1.82) is 0 Å². The molecule has 0 atom stereocenters. The molecule has 9 heteroatoms. The minimum absolute atomic E-state index is 0.0216. The van der Waals surface area contributed by atoms with Gasteiger partial charge in [0, 0.05) is 31.6 Å². The zero-order chi connectivity index (χ0) is 18.7. The quantitative estimate of drug-likeness (QED) is 0.496. The summed E-state index contributed by atoms with van der Waals surface area (Å²) in [5.41, 5.74) is 8.65. The zero-order valence-electron chi connectivity index (χ0n) is 14.9. The molecular weight excluding hydrogens is 352 g/mol. The highest BCUT2D eigenvalue weighted by Gasteiger charge is 2.18. The number of unbranched alkanes of at least 4 members (excludes halogenated alkanes) is 1. The van der Waals surface area contributed by atoms with Gasteiger partial charge in [0.15, 0.2) is 5.82 Å². The highest BCUT2D eigenvalue weighted by molar-refractivity contribution is 7.91. The predicted octanol–water partition coefficient (Wildman–Crippen LogP) is 1.93. The number of anilines is 1. The van der Waals surface area contributed by atoms with Crippen molar-refractivity contribution < 1.29 is 8.42 Å². The number of rotatable bonds is 7. The number of pyridine rings is 1. The third-order valence-corrected chi connectivity index (χ3v) is 5.83. The van der Waals surface area contributed by atoms with Gasteiger partial charge < -0.3 is 10.3 Å². The van der Waals surface area contributed by atoms with E-state index in [9.17, 15) is 8.42 Å². The molecule has 0 fully saturated rings. The van der Waals surface area contributed by atoms with Crippen molar-refractivity contribution in [3.63, 3.8) is 0 Å². The first-order valence-corrected chi connectivity index (χ1v) is 10.2. The normalized spacial score (nSPS) is 11.9. The van der Waals surface area contributed by atoms with Gasteiger partial charge in [0.25, 0.3) is 0 Å². The van der Waals surface area contributed by atoms with Gasteiger partial charge in [-0.25, -0.2) is 28.4 Å². The van der Waals surface area contributed by atoms with Crippen LogP contribution in [0.25, 0.3) is 11.0 Å². The summed E-state index contributed by atoms with van der Waals surface area (Å²) in [6.07, 6.45) is 6.60. The first kappa shape index (κ1) is 18.2. The molecule has 0 bridgehead atoms. The molecule has 3 aromatic heterocycles. The second-order valence-corrected chi connectivity index (χ2v) is 8.12. The summed E-state index contributed by atoms with van der Waals surface area (Å²) in [7, 11) is -3.45. The number of fused-ring (bicyclic) bond motifs is 1. The molecule has 0 aliphatic rings. The van der Waals surface area contributed by atoms with Crippen LogP contribution < -0.4 is 5.73 Å². The standard InChI is InChI=1S/C17H22N6O2S/c1-3-13-22-14-15(12(2)11-21-16(14)18)23(13)9-4-5-10-26(24,25)17-19-7-6-8-20-17/h6-8,11H,3-5,9-10H2,1-2H3,(H2,18,21). The Bertz CT molecular complexity index is 1010. The maximum absolute atomic E-state index is 12.3. The summed E-state index contributed by atoms with van der Waals surface area (Å²) in [5, 5.41) is -0.114. The van der Waals surface area contributed by atoms with Gasteiger partial charge in [0.1, 0.15) is 11.3 Å². The number of hydrogen-bond acceptors (Lipinski definition) is 7. The number of aryl methyl sites for hydroxylation is 3. The number of aromatic nitrogens is 5. The first-order chi connectivity index (χ1) is 12.4. The smallest absolute Gasteiger partial charge is 0.246 e. The number of hydrogen-bond donors (Lipinski definition) is 1. The molecule has 0 unspecified atom stereocenters. The fraction of sp³-hybridized carbons (Fsp3) is 0.412. The third-order valence-electron chi connectivity index (χ3n) is 4.24. The first-order valence-electron chi connectivity index (χ1n) is 8.54. The number of imidazole rings is 1. The van der Waals surface area contributed by atoms with Crippen LogP contribution in [0.4, 0.5) is 5.82 Å². The second kappa shape index (κ2) is 7.36. The molecule has 26 heavy (non-hydrogen) atoms. The summed E-state index contributed by atoms with van der Waals surface area (Å²) in [6, 6.07) is 1.60. The number of nitrogens with two attached hydrogens (primary N) is 1. The molecule has 0 aliphatic carbocycles. The van der Waals surface area contributed by atoms with E-state index in [-0.39, 0.29) is 10.9 Å². The molecule has 2 N–H and O–H groups in total. The van der Waals surface area contributed by atoms with Crippen LogP contribution in [0.2, 0.25) is 0 Å². The highest BCUT2D eigenvalue weighted by Crippen LogP contribution is 2.24. The number of sulfone groups is 1. The Hall–Kier alpha value is -2.55. The van der Waals surface area contributed by atoms with E-state index in [2.05, 4.69) is 24.5 Å². The third kappa shape index (κ3) is 3.52. The molecule has 0 spiro atoms. The largest absolute Gasteiger partial charge is 0.382 e. The van der Waals surface area contributed by atoms with Gasteiger partial charge in [0.05, 0.1) is 11.3 Å². The molecule has 0 saturated heterocycles. The Labute approximate surface area is 152 Å². The lowest BCUT2D eigenvalue weighted by atomic mass is 10.2. The summed E-state index contributed by atoms with van der Waals surface area (Å²) >= 11 is 0. The Morgan fingerprint density at radius 2 is 1.88 bits per heavy atom. The lowest BCUT2D eigenvalue weighted by Gasteiger charge is -2.10. The van der Waals surface area contributed by atoms with Crippen molar-refractivity contribution in [2.75, 3.05) is 11.5 Å². The van der Waals surface area contributed by atoms with Crippen LogP contribution in [0.15, 0.2) is 29.8 Å². The molecule has 8 nitrogen and oxygen atoms in total. The summed E-state index contributed by atoms with van der Waals surface area (Å²) in [5.74, 6) is 1.37. The van der Waals surface area contributed by atoms with Crippen LogP contribution in [0.3, 0.4) is 0 Å². The SMILES string of the molecule is CCc1nc2c(N)ncc(C)c2n1CCCCS(=O)(=O)c1ncccn1. The van der Waals surface area contributed by atoms with E-state index in [1.54, 1.807) is 12.3 Å². The predicted molar refractivity (Wildman–Crippen MR) is 99.4 cm³/mol. The second-order valence-electron chi connectivity index (χ2n) is 6.11. The van der Waals surface area contributed by atoms with Crippen molar-refractivity contribution in [3.8, 4) is 0 Å². The Morgan fingerprint density at radius 1 is 1.15 bits per heavy atom. The highest BCUT2D eigenvalue weighted by atomic mass is 32.2. The Morgan fingerprint density at radius 3 is 2.58 bits per heavy atom. The van der Waals surface area contributed by atoms with E-state index in [0.29, 0.717) is 30.7 Å². The molecule has 0 saturated carbocycles. The van der Waals surface area contributed by atoms with Crippen molar-refractivity contribution in [2.45, 2.75) is 44.8 Å². The summed E-state index contributed by atoms with van der Waals surface area (Å²) < 4.78 is 26.6. The van der Waals surface area contributed by atoms with Gasteiger partial charge in [-0.15, -0.1) is 0 Å². The molecule has 0 radical (unpaired) electrons. The van der Waals surface area contributed by atoms with E-state index < -0.39 is 9.84 Å². The fourth-order valence-corrected chi connectivity index (χ4v) is 4.19. The van der Waals surface area contributed by atoms with Crippen LogP contribution in [0, 0.1) is 6.92 Å². The van der Waals surface area contributed by atoms with Gasteiger partial charge in [-0.1, -0.05) is 6.92 Å². The van der Waals surface area contributed by atoms with E-state index >= 15 is 0 Å². The number of nitrogens with zero attached hydrogens (tertiary/aromatic N) is 5. The van der Waals surface area contributed by atoms with E-state index in [1.165, 1.54) is 12.4 Å². The summed E-state index contributed by atoms with van der Waals surface area (Å²) in [4.78, 5) is 16.4. The molecule has 0 aromatic carbocycles. The molecule has 3 rings (SSSR count). The zero-order valence-corrected chi connectivity index (χ0v) is 15.7. The van der Waals surface area contributed by atoms with Crippen molar-refractivity contribution in [3.05, 3.63) is 36.0 Å². The van der Waals surface area contributed by atoms with E-state index in [1.807, 2.05) is 13.8 Å². The van der Waals surface area contributed by atoms with Crippen molar-refractivity contribution in [2.24, 2.45) is 0 Å². The average Bonchev–Trinajstić information content (AvgIpc) is 3.02. The molecule has 0 amide bonds. The Balaban J connectivity index is 1.74. The van der Waals surface area contributed by atoms with Crippen molar-refractivity contribution in [1.82, 2.24) is 24.5 Å². The minimum atomic E-state index is -3.45. The van der Waals surface area contributed by atoms with Gasteiger partial charge in [-0.05, 0) is 31.4 Å². The van der Waals surface area contributed by atoms with Crippen LogP contribution in [0.5, 0.6) is 0 Å². The molecular formula is C17H22N6O2S. The van der Waals surface area contributed by atoms with Gasteiger partial charge in [-0.2, -0.15) is 0 Å². The van der Waals surface area contributed by atoms with Gasteiger partial charge in [-0.3, -0.25) is 0 Å². The molecule has 3 aromatic rings. The van der Waals surface area contributed by atoms with Crippen LogP contribution in [-0.2, 0) is 22.8 Å². The van der Waals surface area contributed by atoms with Crippen LogP contribution in [-0.4, -0.2) is 38.7 Å².